The molecular weight excluding hydrogens is 590 g/mol. The maximum absolute atomic E-state index is 13.8. The molecule has 3 N–H and O–H groups in total. The van der Waals surface area contributed by atoms with E-state index in [0.29, 0.717) is 17.1 Å². The SMILES string of the molecule is CN[C@@H](C)C(=O)O[C@H]1CC(=O)N(C)c2cc(cc(C)c2Cl)C/C(C)=C/C=C/[C@@H](OC)[C@@]2(O)C[C@H](OC(=O)N2)[C@@H](C)C2OC21C. The van der Waals surface area contributed by atoms with Crippen LogP contribution >= 0.6 is 11.6 Å². The minimum absolute atomic E-state index is 0.00785. The first-order valence-electron chi connectivity index (χ1n) is 14.8. The fourth-order valence-electron chi connectivity index (χ4n) is 6.00. The van der Waals surface area contributed by atoms with E-state index in [1.54, 1.807) is 40.1 Å². The number of benzene rings is 1. The number of anilines is 1. The van der Waals surface area contributed by atoms with Crippen molar-refractivity contribution in [1.29, 1.82) is 0 Å². The Hall–Kier alpha value is -2.96. The van der Waals surface area contributed by atoms with Crippen molar-refractivity contribution in [3.8, 4) is 0 Å². The van der Waals surface area contributed by atoms with Crippen LogP contribution in [-0.2, 0) is 35.0 Å². The molecule has 4 bridgehead atoms. The molecule has 44 heavy (non-hydrogen) atoms. The monoisotopic (exact) mass is 633 g/mol. The maximum Gasteiger partial charge on any atom is 0.409 e. The minimum Gasteiger partial charge on any atom is -0.457 e. The summed E-state index contributed by atoms with van der Waals surface area (Å²) in [6.45, 7) is 9.12. The van der Waals surface area contributed by atoms with Crippen molar-refractivity contribution < 1.29 is 38.4 Å². The second kappa shape index (κ2) is 13.2. The van der Waals surface area contributed by atoms with Crippen LogP contribution in [0, 0.1) is 12.8 Å². The zero-order valence-electron chi connectivity index (χ0n) is 26.6. The number of nitrogens with zero attached hydrogens (tertiary/aromatic N) is 1. The highest BCUT2D eigenvalue weighted by atomic mass is 35.5. The van der Waals surface area contributed by atoms with Crippen LogP contribution in [0.3, 0.4) is 0 Å². The van der Waals surface area contributed by atoms with Crippen LogP contribution in [0.15, 0.2) is 35.9 Å². The summed E-state index contributed by atoms with van der Waals surface area (Å²) in [5.74, 6) is -1.29. The molecule has 0 radical (unpaired) electrons. The van der Waals surface area contributed by atoms with Gasteiger partial charge in [-0.25, -0.2) is 4.79 Å². The molecule has 2 amide bonds. The average molecular weight is 634 g/mol. The number of carbonyl (C=O) groups excluding carboxylic acids is 3. The molecule has 2 saturated heterocycles. The van der Waals surface area contributed by atoms with Gasteiger partial charge in [0.1, 0.15) is 30.0 Å². The highest BCUT2D eigenvalue weighted by Gasteiger charge is 2.64. The third-order valence-electron chi connectivity index (χ3n) is 8.99. The van der Waals surface area contributed by atoms with E-state index in [1.807, 2.05) is 39.0 Å². The number of allylic oxidation sites excluding steroid dienone is 3. The lowest BCUT2D eigenvalue weighted by Crippen LogP contribution is -2.63. The summed E-state index contributed by atoms with van der Waals surface area (Å²) in [5.41, 5.74) is 0.475. The Labute approximate surface area is 263 Å². The van der Waals surface area contributed by atoms with Gasteiger partial charge in [-0.1, -0.05) is 48.4 Å². The van der Waals surface area contributed by atoms with E-state index in [1.165, 1.54) is 12.0 Å². The number of epoxide rings is 1. The van der Waals surface area contributed by atoms with Crippen molar-refractivity contribution in [2.45, 2.75) is 95.7 Å². The van der Waals surface area contributed by atoms with Gasteiger partial charge >= 0.3 is 12.1 Å². The van der Waals surface area contributed by atoms with E-state index < -0.39 is 59.8 Å². The van der Waals surface area contributed by atoms with Crippen molar-refractivity contribution in [1.82, 2.24) is 10.6 Å². The molecule has 0 spiro atoms. The number of ether oxygens (including phenoxy) is 4. The maximum atomic E-state index is 13.8. The van der Waals surface area contributed by atoms with Crippen molar-refractivity contribution in [2.75, 3.05) is 26.1 Å². The van der Waals surface area contributed by atoms with Crippen molar-refractivity contribution in [2.24, 2.45) is 5.92 Å². The van der Waals surface area contributed by atoms with Gasteiger partial charge in [0.2, 0.25) is 5.91 Å². The number of esters is 1. The first kappa shape index (κ1) is 33.9. The molecule has 0 saturated carbocycles. The lowest BCUT2D eigenvalue weighted by Gasteiger charge is -2.42. The van der Waals surface area contributed by atoms with Crippen LogP contribution in [-0.4, -0.2) is 86.1 Å². The fraction of sp³-hybridized carbons (Fsp3) is 0.594. The number of carbonyl (C=O) groups is 3. The lowest BCUT2D eigenvalue weighted by molar-refractivity contribution is -0.155. The molecule has 242 valence electrons. The van der Waals surface area contributed by atoms with Gasteiger partial charge < -0.3 is 34.3 Å². The number of fused-ring (bicyclic) bond motifs is 5. The largest absolute Gasteiger partial charge is 0.457 e. The minimum atomic E-state index is -1.76. The summed E-state index contributed by atoms with van der Waals surface area (Å²) in [6, 6.07) is 3.23. The molecule has 8 atom stereocenters. The summed E-state index contributed by atoms with van der Waals surface area (Å²) in [4.78, 5) is 40.9. The first-order valence-corrected chi connectivity index (χ1v) is 15.2. The number of hydrogen-bond donors (Lipinski definition) is 3. The van der Waals surface area contributed by atoms with E-state index in [-0.39, 0.29) is 18.7 Å². The number of nitrogens with one attached hydrogen (secondary N) is 2. The predicted molar refractivity (Wildman–Crippen MR) is 165 cm³/mol. The smallest absolute Gasteiger partial charge is 0.409 e. The predicted octanol–water partition coefficient (Wildman–Crippen LogP) is 3.58. The number of rotatable bonds is 4. The summed E-state index contributed by atoms with van der Waals surface area (Å²) < 4.78 is 23.3. The number of likely N-dealkylation sites (N-methyl/N-ethyl adjacent to an activating group) is 1. The molecule has 11 nitrogen and oxygen atoms in total. The fourth-order valence-corrected chi connectivity index (χ4v) is 6.24. The normalized spacial score (nSPS) is 35.4. The van der Waals surface area contributed by atoms with Gasteiger partial charge in [-0.05, 0) is 58.4 Å². The zero-order valence-corrected chi connectivity index (χ0v) is 27.4. The van der Waals surface area contributed by atoms with Crippen molar-refractivity contribution in [3.05, 3.63) is 52.1 Å². The molecule has 0 aromatic heterocycles. The Bertz CT molecular complexity index is 1350. The summed E-state index contributed by atoms with van der Waals surface area (Å²) in [5, 5.41) is 17.4. The van der Waals surface area contributed by atoms with Crippen molar-refractivity contribution >= 4 is 35.3 Å². The summed E-state index contributed by atoms with van der Waals surface area (Å²) >= 11 is 6.70. The standard InChI is InChI=1S/C32H44ClN3O8/c1-17-10-9-11-24(41-8)32(40)16-23(42-30(39)35-32)19(3)28-31(5,44-28)25(43-29(38)20(4)34-6)15-26(37)36(7)22-14-21(12-17)13-18(2)27(22)33/h9-11,13-14,19-20,23-25,28,34,40H,12,15-16H2,1-8H3,(H,35,39)/b11-9+,17-10+/t19-,20+,23+,24-,25+,28?,31?,32+/m1/s1. The van der Waals surface area contributed by atoms with Crippen LogP contribution in [0.25, 0.3) is 0 Å². The van der Waals surface area contributed by atoms with Gasteiger partial charge in [-0.2, -0.15) is 0 Å². The summed E-state index contributed by atoms with van der Waals surface area (Å²) in [6.07, 6.45) is 1.81. The molecular formula is C32H44ClN3O8. The third kappa shape index (κ3) is 6.97. The number of aryl methyl sites for hydroxylation is 1. The Morgan fingerprint density at radius 1 is 1.30 bits per heavy atom. The average Bonchev–Trinajstić information content (AvgIpc) is 3.66. The number of alkyl carbamates (subject to hydrolysis) is 1. The highest BCUT2D eigenvalue weighted by Crippen LogP contribution is 2.49. The first-order chi connectivity index (χ1) is 20.6. The van der Waals surface area contributed by atoms with Crippen molar-refractivity contribution in [3.63, 3.8) is 0 Å². The van der Waals surface area contributed by atoms with E-state index in [4.69, 9.17) is 30.5 Å². The molecule has 1 aromatic carbocycles. The molecule has 3 aliphatic rings. The molecule has 2 unspecified atom stereocenters. The number of hydrogen-bond acceptors (Lipinski definition) is 9. The highest BCUT2D eigenvalue weighted by molar-refractivity contribution is 6.34. The second-order valence-electron chi connectivity index (χ2n) is 12.3. The summed E-state index contributed by atoms with van der Waals surface area (Å²) in [7, 11) is 4.74. The molecule has 2 fully saturated rings. The topological polar surface area (TPSA) is 139 Å². The van der Waals surface area contributed by atoms with E-state index in [9.17, 15) is 19.5 Å². The Morgan fingerprint density at radius 2 is 2.00 bits per heavy atom. The van der Waals surface area contributed by atoms with Gasteiger partial charge in [-0.3, -0.25) is 14.9 Å². The van der Waals surface area contributed by atoms with Gasteiger partial charge in [0.05, 0.1) is 23.2 Å². The molecule has 3 heterocycles. The molecule has 12 heteroatoms. The number of halogens is 1. The van der Waals surface area contributed by atoms with Crippen LogP contribution < -0.4 is 15.5 Å². The van der Waals surface area contributed by atoms with E-state index in [2.05, 4.69) is 10.6 Å². The lowest BCUT2D eigenvalue weighted by atomic mass is 9.83. The third-order valence-corrected chi connectivity index (χ3v) is 9.48. The van der Waals surface area contributed by atoms with E-state index >= 15 is 0 Å². The zero-order chi connectivity index (χ0) is 32.6. The van der Waals surface area contributed by atoms with Crippen LogP contribution in [0.2, 0.25) is 5.02 Å². The number of methoxy groups -OCH3 is 1. The van der Waals surface area contributed by atoms with Crippen LogP contribution in [0.5, 0.6) is 0 Å². The van der Waals surface area contributed by atoms with Gasteiger partial charge in [-0.15, -0.1) is 0 Å². The van der Waals surface area contributed by atoms with Crippen LogP contribution in [0.4, 0.5) is 10.5 Å². The second-order valence-corrected chi connectivity index (χ2v) is 12.7. The van der Waals surface area contributed by atoms with Gasteiger partial charge in [0.25, 0.3) is 0 Å². The Morgan fingerprint density at radius 3 is 2.66 bits per heavy atom. The van der Waals surface area contributed by atoms with Gasteiger partial charge in [0.15, 0.2) is 5.72 Å². The Kier molecular flexibility index (Phi) is 10.2. The molecule has 4 rings (SSSR count). The Balaban J connectivity index is 1.78. The van der Waals surface area contributed by atoms with Gasteiger partial charge in [0, 0.05) is 26.5 Å². The number of amides is 2. The number of aliphatic hydroxyl groups is 1. The molecule has 0 aliphatic carbocycles. The van der Waals surface area contributed by atoms with Crippen LogP contribution in [0.1, 0.15) is 51.7 Å². The molecule has 3 aliphatic heterocycles. The van der Waals surface area contributed by atoms with E-state index in [0.717, 1.165) is 16.7 Å². The molecule has 1 aromatic rings. The quantitative estimate of drug-likeness (QED) is 0.335.